The lowest BCUT2D eigenvalue weighted by atomic mass is 9.95. The van der Waals surface area contributed by atoms with Crippen molar-refractivity contribution in [1.82, 2.24) is 5.32 Å². The van der Waals surface area contributed by atoms with Crippen molar-refractivity contribution >= 4 is 17.5 Å². The van der Waals surface area contributed by atoms with Crippen LogP contribution in [0.3, 0.4) is 0 Å². The third-order valence-electron chi connectivity index (χ3n) is 2.07. The predicted molar refractivity (Wildman–Crippen MR) is 50.2 cm³/mol. The second-order valence-electron chi connectivity index (χ2n) is 3.10. The first-order valence-corrected chi connectivity index (χ1v) is 4.60. The molecule has 84 valence electrons. The topological polar surface area (TPSA) is 29.1 Å². The van der Waals surface area contributed by atoms with Gasteiger partial charge in [-0.2, -0.15) is 13.2 Å². The van der Waals surface area contributed by atoms with Crippen molar-refractivity contribution in [2.75, 3.05) is 7.05 Å². The van der Waals surface area contributed by atoms with Gasteiger partial charge in [-0.15, -0.1) is 0 Å². The van der Waals surface area contributed by atoms with Crippen LogP contribution in [0.2, 0.25) is 0 Å². The van der Waals surface area contributed by atoms with Crippen molar-refractivity contribution in [3.8, 4) is 0 Å². The molecule has 0 bridgehead atoms. The van der Waals surface area contributed by atoms with E-state index in [1.165, 1.54) is 13.1 Å². The van der Waals surface area contributed by atoms with Crippen LogP contribution in [0.5, 0.6) is 0 Å². The summed E-state index contributed by atoms with van der Waals surface area (Å²) in [6.45, 7) is 0. The molecule has 0 spiro atoms. The summed E-state index contributed by atoms with van der Waals surface area (Å²) in [6, 6.07) is 0. The van der Waals surface area contributed by atoms with Gasteiger partial charge in [0.15, 0.2) is 0 Å². The number of halogens is 4. The van der Waals surface area contributed by atoms with Crippen LogP contribution >= 0.6 is 11.6 Å². The summed E-state index contributed by atoms with van der Waals surface area (Å²) in [5.74, 6) is -2.24. The average molecular weight is 240 g/mol. The Morgan fingerprint density at radius 1 is 1.60 bits per heavy atom. The van der Waals surface area contributed by atoms with Crippen molar-refractivity contribution in [2.24, 2.45) is 5.92 Å². The highest BCUT2D eigenvalue weighted by atomic mass is 35.5. The SMILES string of the molecule is CNC(=O)C1=CC(C(F)(F)F)CC=C1Cl. The first-order valence-electron chi connectivity index (χ1n) is 4.23. The number of alkyl halides is 3. The zero-order chi connectivity index (χ0) is 11.6. The van der Waals surface area contributed by atoms with E-state index in [-0.39, 0.29) is 17.0 Å². The van der Waals surface area contributed by atoms with Crippen molar-refractivity contribution < 1.29 is 18.0 Å². The minimum atomic E-state index is -4.34. The Kier molecular flexibility index (Phi) is 3.44. The second-order valence-corrected chi connectivity index (χ2v) is 3.50. The summed E-state index contributed by atoms with van der Waals surface area (Å²) in [7, 11) is 1.34. The quantitative estimate of drug-likeness (QED) is 0.748. The largest absolute Gasteiger partial charge is 0.395 e. The van der Waals surface area contributed by atoms with E-state index < -0.39 is 18.0 Å². The minimum absolute atomic E-state index is 0.0647. The number of likely N-dealkylation sites (N-methyl/N-ethyl adjacent to an activating group) is 1. The Bertz CT molecular complexity index is 333. The van der Waals surface area contributed by atoms with Crippen molar-refractivity contribution in [3.63, 3.8) is 0 Å². The molecule has 1 amide bonds. The normalized spacial score (nSPS) is 21.8. The van der Waals surface area contributed by atoms with Crippen molar-refractivity contribution in [2.45, 2.75) is 12.6 Å². The van der Waals surface area contributed by atoms with Gasteiger partial charge in [-0.25, -0.2) is 0 Å². The van der Waals surface area contributed by atoms with Gasteiger partial charge in [0.1, 0.15) is 0 Å². The standard InChI is InChI=1S/C9H9ClF3NO/c1-14-8(15)6-4-5(9(11,12)13)2-3-7(6)10/h3-5H,2H2,1H3,(H,14,15). The summed E-state index contributed by atoms with van der Waals surface area (Å²) in [4.78, 5) is 11.2. The van der Waals surface area contributed by atoms with Gasteiger partial charge >= 0.3 is 6.18 Å². The second kappa shape index (κ2) is 4.26. The molecule has 1 N–H and O–H groups in total. The fourth-order valence-corrected chi connectivity index (χ4v) is 1.47. The zero-order valence-corrected chi connectivity index (χ0v) is 8.62. The maximum Gasteiger partial charge on any atom is 0.395 e. The Morgan fingerprint density at radius 3 is 2.67 bits per heavy atom. The number of allylic oxidation sites excluding steroid dienone is 2. The van der Waals surface area contributed by atoms with Crippen LogP contribution in [0, 0.1) is 5.92 Å². The Balaban J connectivity index is 2.96. The summed E-state index contributed by atoms with van der Waals surface area (Å²) in [5.41, 5.74) is -0.118. The molecule has 0 radical (unpaired) electrons. The number of rotatable bonds is 1. The van der Waals surface area contributed by atoms with Crippen molar-refractivity contribution in [3.05, 3.63) is 22.8 Å². The summed E-state index contributed by atoms with van der Waals surface area (Å²) in [6.07, 6.45) is -2.48. The highest BCUT2D eigenvalue weighted by Gasteiger charge is 2.39. The maximum atomic E-state index is 12.4. The fraction of sp³-hybridized carbons (Fsp3) is 0.444. The van der Waals surface area contributed by atoms with Gasteiger partial charge < -0.3 is 5.32 Å². The molecule has 1 aliphatic rings. The molecule has 0 aromatic rings. The molecule has 1 aliphatic carbocycles. The lowest BCUT2D eigenvalue weighted by molar-refractivity contribution is -0.160. The minimum Gasteiger partial charge on any atom is -0.355 e. The lowest BCUT2D eigenvalue weighted by Crippen LogP contribution is -2.27. The molecule has 6 heteroatoms. The number of carbonyl (C=O) groups is 1. The van der Waals surface area contributed by atoms with Crippen LogP contribution < -0.4 is 5.32 Å². The van der Waals surface area contributed by atoms with Gasteiger partial charge in [-0.1, -0.05) is 23.8 Å². The molecular formula is C9H9ClF3NO. The number of hydrogen-bond acceptors (Lipinski definition) is 1. The van der Waals surface area contributed by atoms with E-state index in [0.29, 0.717) is 0 Å². The van der Waals surface area contributed by atoms with E-state index in [4.69, 9.17) is 11.6 Å². The summed E-state index contributed by atoms with van der Waals surface area (Å²) in [5, 5.41) is 2.30. The number of amides is 1. The van der Waals surface area contributed by atoms with Gasteiger partial charge in [-0.3, -0.25) is 4.79 Å². The molecule has 0 aromatic carbocycles. The smallest absolute Gasteiger partial charge is 0.355 e. The highest BCUT2D eigenvalue weighted by molar-refractivity contribution is 6.35. The number of hydrogen-bond donors (Lipinski definition) is 1. The van der Waals surface area contributed by atoms with Crippen LogP contribution in [-0.4, -0.2) is 19.1 Å². The molecule has 0 aliphatic heterocycles. The van der Waals surface area contributed by atoms with Crippen LogP contribution in [-0.2, 0) is 4.79 Å². The Morgan fingerprint density at radius 2 is 2.20 bits per heavy atom. The van der Waals surface area contributed by atoms with E-state index in [1.807, 2.05) is 0 Å². The summed E-state index contributed by atoms with van der Waals surface area (Å²) < 4.78 is 37.1. The predicted octanol–water partition coefficient (Wildman–Crippen LogP) is 2.36. The number of nitrogens with one attached hydrogen (secondary N) is 1. The van der Waals surface area contributed by atoms with Gasteiger partial charge in [0, 0.05) is 12.1 Å². The molecule has 1 rings (SSSR count). The van der Waals surface area contributed by atoms with E-state index in [0.717, 1.165) is 6.08 Å². The molecule has 0 saturated heterocycles. The maximum absolute atomic E-state index is 12.4. The molecule has 0 aromatic heterocycles. The van der Waals surface area contributed by atoms with Crippen molar-refractivity contribution in [1.29, 1.82) is 0 Å². The van der Waals surface area contributed by atoms with Crippen LogP contribution in [0.25, 0.3) is 0 Å². The van der Waals surface area contributed by atoms with E-state index in [1.54, 1.807) is 0 Å². The lowest BCUT2D eigenvalue weighted by Gasteiger charge is -2.20. The highest BCUT2D eigenvalue weighted by Crippen LogP contribution is 2.36. The van der Waals surface area contributed by atoms with Gasteiger partial charge in [0.2, 0.25) is 0 Å². The average Bonchev–Trinajstić information content (AvgIpc) is 2.15. The molecule has 0 heterocycles. The molecule has 1 unspecified atom stereocenters. The Labute approximate surface area is 89.8 Å². The molecule has 15 heavy (non-hydrogen) atoms. The molecule has 0 fully saturated rings. The van der Waals surface area contributed by atoms with Gasteiger partial charge in [0.25, 0.3) is 5.91 Å². The van der Waals surface area contributed by atoms with E-state index in [2.05, 4.69) is 5.32 Å². The summed E-state index contributed by atoms with van der Waals surface area (Å²) >= 11 is 5.64. The monoisotopic (exact) mass is 239 g/mol. The molecular weight excluding hydrogens is 231 g/mol. The fourth-order valence-electron chi connectivity index (χ4n) is 1.24. The van der Waals surface area contributed by atoms with E-state index >= 15 is 0 Å². The molecule has 0 saturated carbocycles. The molecule has 1 atom stereocenters. The van der Waals surface area contributed by atoms with Gasteiger partial charge in [-0.05, 0) is 6.42 Å². The van der Waals surface area contributed by atoms with Crippen LogP contribution in [0.4, 0.5) is 13.2 Å². The zero-order valence-electron chi connectivity index (χ0n) is 7.86. The van der Waals surface area contributed by atoms with Crippen LogP contribution in [0.1, 0.15) is 6.42 Å². The molecule has 2 nitrogen and oxygen atoms in total. The van der Waals surface area contributed by atoms with E-state index in [9.17, 15) is 18.0 Å². The Hall–Kier alpha value is -0.970. The first kappa shape index (κ1) is 12.1. The van der Waals surface area contributed by atoms with Gasteiger partial charge in [0.05, 0.1) is 11.5 Å². The number of carbonyl (C=O) groups excluding carboxylic acids is 1. The third kappa shape index (κ3) is 2.75. The first-order chi connectivity index (χ1) is 6.86. The third-order valence-corrected chi connectivity index (χ3v) is 2.43. The van der Waals surface area contributed by atoms with Crippen LogP contribution in [0.15, 0.2) is 22.8 Å².